The van der Waals surface area contributed by atoms with Crippen LogP contribution < -0.4 is 0 Å². The third-order valence-corrected chi connectivity index (χ3v) is 1.58. The van der Waals surface area contributed by atoms with Gasteiger partial charge in [0.15, 0.2) is 0 Å². The van der Waals surface area contributed by atoms with Crippen molar-refractivity contribution in [3.05, 3.63) is 46.8 Å². The third kappa shape index (κ3) is 12.5. The smallest absolute Gasteiger partial charge is 0.0466 e. The average Bonchev–Trinajstić information content (AvgIpc) is 2.90. The van der Waals surface area contributed by atoms with E-state index in [9.17, 15) is 0 Å². The Kier molecular flexibility index (Phi) is 11.2. The molecule has 0 atom stereocenters. The lowest BCUT2D eigenvalue weighted by Crippen LogP contribution is -1.74. The summed E-state index contributed by atoms with van der Waals surface area (Å²) in [4.78, 5) is 2.36. The molecule has 0 bridgehead atoms. The van der Waals surface area contributed by atoms with Crippen LogP contribution in [0.2, 0.25) is 0 Å². The van der Waals surface area contributed by atoms with E-state index in [4.69, 9.17) is 10.3 Å². The first-order chi connectivity index (χ1) is 7.41. The van der Waals surface area contributed by atoms with E-state index >= 15 is 0 Å². The van der Waals surface area contributed by atoms with Gasteiger partial charge < -0.3 is 4.74 Å². The molecule has 4 nitrogen and oxygen atoms in total. The summed E-state index contributed by atoms with van der Waals surface area (Å²) in [6.07, 6.45) is 2.56. The highest BCUT2D eigenvalue weighted by Crippen LogP contribution is 1.98. The van der Waals surface area contributed by atoms with Crippen molar-refractivity contribution in [2.45, 2.75) is 12.8 Å². The van der Waals surface area contributed by atoms with Gasteiger partial charge in [-0.05, 0) is 18.4 Å². The van der Waals surface area contributed by atoms with Crippen molar-refractivity contribution in [1.29, 1.82) is 0 Å². The summed E-state index contributed by atoms with van der Waals surface area (Å²) in [5, 5.41) is 2.92. The molecule has 0 amide bonds. The monoisotopic (exact) mass is 207 g/mol. The van der Waals surface area contributed by atoms with Crippen LogP contribution in [0.15, 0.2) is 41.5 Å². The largest absolute Gasteiger partial charge is 0.381 e. The quantitative estimate of drug-likeness (QED) is 0.365. The number of benzene rings is 1. The molecule has 0 N–H and O–H groups in total. The van der Waals surface area contributed by atoms with Crippen molar-refractivity contribution in [1.82, 2.24) is 0 Å². The van der Waals surface area contributed by atoms with Crippen molar-refractivity contribution in [3.63, 3.8) is 0 Å². The normalized spacial score (nSPS) is 12.3. The van der Waals surface area contributed by atoms with Crippen LogP contribution in [0.3, 0.4) is 0 Å². The second kappa shape index (κ2) is 12.5. The van der Waals surface area contributed by atoms with Crippen molar-refractivity contribution in [2.24, 2.45) is 5.11 Å². The molecule has 0 radical (unpaired) electrons. The zero-order valence-electron chi connectivity index (χ0n) is 9.04. The lowest BCUT2D eigenvalue weighted by atomic mass is 10.4. The summed E-state index contributed by atoms with van der Waals surface area (Å²) in [6.45, 7) is 2.00. The minimum Gasteiger partial charge on any atom is -0.381 e. The minimum absolute atomic E-state index is 1.00. The lowest BCUT2D eigenvalue weighted by Gasteiger charge is -1.76. The first kappa shape index (κ1) is 13.5. The van der Waals surface area contributed by atoms with Crippen LogP contribution in [0.4, 0.5) is 0 Å². The average molecular weight is 207 g/mol. The fourth-order valence-corrected chi connectivity index (χ4v) is 0.895. The van der Waals surface area contributed by atoms with Gasteiger partial charge in [-0.3, -0.25) is 0 Å². The number of hydrogen-bond donors (Lipinski definition) is 0. The molecule has 1 aliphatic rings. The zero-order valence-corrected chi connectivity index (χ0v) is 9.04. The zero-order chi connectivity index (χ0) is 11.2. The Bertz CT molecular complexity index is 219. The van der Waals surface area contributed by atoms with Gasteiger partial charge in [0.25, 0.3) is 0 Å². The molecule has 0 aliphatic carbocycles. The first-order valence-corrected chi connectivity index (χ1v) is 4.92. The topological polar surface area (TPSA) is 58.0 Å². The van der Waals surface area contributed by atoms with Crippen molar-refractivity contribution < 1.29 is 4.74 Å². The Hall–Kier alpha value is -1.51. The number of azide groups is 1. The summed E-state index contributed by atoms with van der Waals surface area (Å²) in [6, 6.07) is 12.0. The molecule has 1 heterocycles. The minimum atomic E-state index is 1.00. The van der Waals surface area contributed by atoms with Gasteiger partial charge in [0.05, 0.1) is 0 Å². The number of ether oxygens (including phenoxy) is 1. The maximum absolute atomic E-state index is 7.33. The Labute approximate surface area is 90.5 Å². The van der Waals surface area contributed by atoms with Gasteiger partial charge in [0, 0.05) is 25.2 Å². The standard InChI is InChI=1S/C6H6.C4H8O.CH3N3/c1-2-4-6-5-3-1;1-2-4-5-3-1;1-3-4-2/h1-6H;1-4H2;1H3. The molecule has 4 heteroatoms. The molecule has 15 heavy (non-hydrogen) atoms. The van der Waals surface area contributed by atoms with E-state index in [-0.39, 0.29) is 0 Å². The van der Waals surface area contributed by atoms with E-state index in [1.165, 1.54) is 19.9 Å². The molecule has 0 spiro atoms. The molecule has 0 unspecified atom stereocenters. The van der Waals surface area contributed by atoms with Gasteiger partial charge in [0.1, 0.15) is 0 Å². The predicted molar refractivity (Wildman–Crippen MR) is 61.6 cm³/mol. The van der Waals surface area contributed by atoms with Crippen LogP contribution in [-0.2, 0) is 4.74 Å². The van der Waals surface area contributed by atoms with E-state index in [0.717, 1.165) is 13.2 Å². The fraction of sp³-hybridized carbons (Fsp3) is 0.455. The fourth-order valence-electron chi connectivity index (χ4n) is 0.895. The molecular weight excluding hydrogens is 190 g/mol. The SMILES string of the molecule is C1CCOC1.CN=[N+]=[N-].c1ccccc1. The highest BCUT2D eigenvalue weighted by molar-refractivity contribution is 4.99. The summed E-state index contributed by atoms with van der Waals surface area (Å²) in [5.74, 6) is 0. The summed E-state index contributed by atoms with van der Waals surface area (Å²) in [7, 11) is 1.39. The second-order valence-electron chi connectivity index (χ2n) is 2.76. The highest BCUT2D eigenvalue weighted by Gasteiger charge is 1.94. The third-order valence-electron chi connectivity index (χ3n) is 1.58. The Morgan fingerprint density at radius 2 is 1.33 bits per heavy atom. The van der Waals surface area contributed by atoms with Crippen LogP contribution >= 0.6 is 0 Å². The van der Waals surface area contributed by atoms with E-state index in [2.05, 4.69) is 10.0 Å². The number of rotatable bonds is 0. The highest BCUT2D eigenvalue weighted by atomic mass is 16.5. The van der Waals surface area contributed by atoms with Crippen LogP contribution in [0, 0.1) is 0 Å². The van der Waals surface area contributed by atoms with Crippen molar-refractivity contribution in [2.75, 3.05) is 20.3 Å². The van der Waals surface area contributed by atoms with Crippen LogP contribution in [-0.4, -0.2) is 20.3 Å². The predicted octanol–water partition coefficient (Wildman–Crippen LogP) is 3.41. The van der Waals surface area contributed by atoms with Crippen molar-refractivity contribution in [3.8, 4) is 0 Å². The summed E-state index contributed by atoms with van der Waals surface area (Å²) in [5.41, 5.74) is 7.33. The molecule has 1 aliphatic heterocycles. The lowest BCUT2D eigenvalue weighted by molar-refractivity contribution is 0.198. The van der Waals surface area contributed by atoms with E-state index in [1.54, 1.807) is 0 Å². The molecule has 2 rings (SSSR count). The molecule has 82 valence electrons. The Balaban J connectivity index is 0.000000202. The summed E-state index contributed by atoms with van der Waals surface area (Å²) >= 11 is 0. The van der Waals surface area contributed by atoms with E-state index < -0.39 is 0 Å². The maximum Gasteiger partial charge on any atom is 0.0466 e. The van der Waals surface area contributed by atoms with Crippen LogP contribution in [0.1, 0.15) is 12.8 Å². The van der Waals surface area contributed by atoms with Gasteiger partial charge in [0.2, 0.25) is 0 Å². The van der Waals surface area contributed by atoms with Crippen LogP contribution in [0.25, 0.3) is 10.4 Å². The van der Waals surface area contributed by atoms with Gasteiger partial charge >= 0.3 is 0 Å². The molecule has 0 aromatic heterocycles. The molecule has 1 aromatic carbocycles. The second-order valence-corrected chi connectivity index (χ2v) is 2.76. The number of hydrogen-bond acceptors (Lipinski definition) is 2. The molecule has 1 fully saturated rings. The molecule has 0 saturated carbocycles. The molecule has 1 saturated heterocycles. The van der Waals surface area contributed by atoms with Crippen molar-refractivity contribution >= 4 is 0 Å². The van der Waals surface area contributed by atoms with E-state index in [1.807, 2.05) is 36.4 Å². The molecule has 1 aromatic rings. The number of nitrogens with zero attached hydrogens (tertiary/aromatic N) is 3. The van der Waals surface area contributed by atoms with Gasteiger partial charge in [-0.2, -0.15) is 0 Å². The summed E-state index contributed by atoms with van der Waals surface area (Å²) < 4.78 is 4.94. The van der Waals surface area contributed by atoms with Gasteiger partial charge in [-0.15, -0.1) is 0 Å². The Morgan fingerprint density at radius 1 is 1.00 bits per heavy atom. The Morgan fingerprint density at radius 3 is 1.47 bits per heavy atom. The van der Waals surface area contributed by atoms with E-state index in [0.29, 0.717) is 0 Å². The maximum atomic E-state index is 7.33. The van der Waals surface area contributed by atoms with Gasteiger partial charge in [-0.25, -0.2) is 0 Å². The van der Waals surface area contributed by atoms with Gasteiger partial charge in [-0.1, -0.05) is 41.5 Å². The van der Waals surface area contributed by atoms with Crippen LogP contribution in [0.5, 0.6) is 0 Å². The first-order valence-electron chi connectivity index (χ1n) is 4.92. The molecular formula is C11H17N3O.